The molecule has 4 nitrogen and oxygen atoms in total. The van der Waals surface area contributed by atoms with Gasteiger partial charge in [-0.2, -0.15) is 0 Å². The first-order valence-electron chi connectivity index (χ1n) is 7.81. The van der Waals surface area contributed by atoms with Crippen LogP contribution in [-0.2, 0) is 0 Å². The number of aromatic nitrogens is 1. The third-order valence-electron chi connectivity index (χ3n) is 3.69. The molecule has 0 aliphatic heterocycles. The fourth-order valence-electron chi connectivity index (χ4n) is 2.42. The van der Waals surface area contributed by atoms with Crippen molar-refractivity contribution in [2.75, 3.05) is 10.6 Å². The van der Waals surface area contributed by atoms with E-state index in [0.29, 0.717) is 26.4 Å². The molecular formula is C19H18ClN3OS. The number of thiazole rings is 1. The van der Waals surface area contributed by atoms with E-state index in [2.05, 4.69) is 15.6 Å². The molecule has 0 aliphatic carbocycles. The normalized spacial score (nSPS) is 10.6. The minimum atomic E-state index is -0.172. The van der Waals surface area contributed by atoms with Crippen molar-refractivity contribution in [3.63, 3.8) is 0 Å². The third kappa shape index (κ3) is 4.18. The quantitative estimate of drug-likeness (QED) is 0.616. The second-order valence-electron chi connectivity index (χ2n) is 5.85. The molecule has 1 heterocycles. The van der Waals surface area contributed by atoms with E-state index in [-0.39, 0.29) is 5.91 Å². The fraction of sp³-hybridized carbons (Fsp3) is 0.158. The van der Waals surface area contributed by atoms with Gasteiger partial charge < -0.3 is 10.6 Å². The molecule has 0 saturated carbocycles. The molecule has 25 heavy (non-hydrogen) atoms. The van der Waals surface area contributed by atoms with Gasteiger partial charge in [0.05, 0.1) is 5.69 Å². The van der Waals surface area contributed by atoms with E-state index in [1.807, 2.05) is 51.1 Å². The van der Waals surface area contributed by atoms with Crippen molar-refractivity contribution < 1.29 is 4.79 Å². The largest absolute Gasteiger partial charge is 0.332 e. The molecule has 0 aliphatic rings. The maximum atomic E-state index is 12.5. The molecule has 0 radical (unpaired) electrons. The van der Waals surface area contributed by atoms with Crippen molar-refractivity contribution in [1.29, 1.82) is 0 Å². The highest BCUT2D eigenvalue weighted by Gasteiger charge is 2.16. The van der Waals surface area contributed by atoms with Crippen molar-refractivity contribution in [2.45, 2.75) is 20.8 Å². The van der Waals surface area contributed by atoms with Crippen LogP contribution in [0.2, 0.25) is 5.02 Å². The second-order valence-corrected chi connectivity index (χ2v) is 7.25. The van der Waals surface area contributed by atoms with Crippen molar-refractivity contribution in [3.05, 3.63) is 69.2 Å². The van der Waals surface area contributed by atoms with Crippen LogP contribution in [0.25, 0.3) is 0 Å². The number of hydrogen-bond acceptors (Lipinski definition) is 4. The average Bonchev–Trinajstić information content (AvgIpc) is 2.91. The first-order valence-corrected chi connectivity index (χ1v) is 9.00. The van der Waals surface area contributed by atoms with Crippen molar-refractivity contribution in [1.82, 2.24) is 4.98 Å². The summed E-state index contributed by atoms with van der Waals surface area (Å²) < 4.78 is 0. The SMILES string of the molecule is Cc1cccc(Nc2nc(C)c(C(=O)Nc3ccc(Cl)c(C)c3)s2)c1. The standard InChI is InChI=1S/C19H18ClN3OS/c1-11-5-4-6-14(9-11)23-19-21-13(3)17(25-19)18(24)22-15-7-8-16(20)12(2)10-15/h4-10H,1-3H3,(H,21,23)(H,22,24). The van der Waals surface area contributed by atoms with Crippen LogP contribution in [0.5, 0.6) is 0 Å². The number of nitrogens with one attached hydrogen (secondary N) is 2. The van der Waals surface area contributed by atoms with Crippen molar-refractivity contribution >= 4 is 45.4 Å². The average molecular weight is 372 g/mol. The van der Waals surface area contributed by atoms with Gasteiger partial charge in [0, 0.05) is 16.4 Å². The maximum absolute atomic E-state index is 12.5. The molecule has 1 amide bonds. The molecule has 1 aromatic heterocycles. The van der Waals surface area contributed by atoms with Gasteiger partial charge in [0.15, 0.2) is 5.13 Å². The van der Waals surface area contributed by atoms with E-state index in [4.69, 9.17) is 11.6 Å². The van der Waals surface area contributed by atoms with E-state index in [1.165, 1.54) is 11.3 Å². The van der Waals surface area contributed by atoms with Crippen molar-refractivity contribution in [2.24, 2.45) is 0 Å². The zero-order valence-corrected chi connectivity index (χ0v) is 15.8. The third-order valence-corrected chi connectivity index (χ3v) is 5.18. The highest BCUT2D eigenvalue weighted by atomic mass is 35.5. The van der Waals surface area contributed by atoms with E-state index in [0.717, 1.165) is 16.8 Å². The molecule has 2 aromatic carbocycles. The van der Waals surface area contributed by atoms with Gasteiger partial charge in [0.25, 0.3) is 5.91 Å². The molecule has 0 atom stereocenters. The van der Waals surface area contributed by atoms with Crippen LogP contribution in [-0.4, -0.2) is 10.9 Å². The molecule has 3 aromatic rings. The molecular weight excluding hydrogens is 354 g/mol. The first-order chi connectivity index (χ1) is 11.9. The van der Waals surface area contributed by atoms with Crippen LogP contribution in [0.3, 0.4) is 0 Å². The lowest BCUT2D eigenvalue weighted by molar-refractivity contribution is 0.103. The molecule has 0 saturated heterocycles. The topological polar surface area (TPSA) is 54.0 Å². The Balaban J connectivity index is 1.77. The summed E-state index contributed by atoms with van der Waals surface area (Å²) in [5.74, 6) is -0.172. The summed E-state index contributed by atoms with van der Waals surface area (Å²) in [6.07, 6.45) is 0. The Hall–Kier alpha value is -2.37. The van der Waals surface area contributed by atoms with Crippen LogP contribution < -0.4 is 10.6 Å². The Morgan fingerprint density at radius 2 is 1.88 bits per heavy atom. The zero-order valence-electron chi connectivity index (χ0n) is 14.2. The Kier molecular flexibility index (Phi) is 5.06. The molecule has 2 N–H and O–H groups in total. The van der Waals surface area contributed by atoms with Gasteiger partial charge in [-0.05, 0) is 62.2 Å². The summed E-state index contributed by atoms with van der Waals surface area (Å²) in [7, 11) is 0. The number of amides is 1. The summed E-state index contributed by atoms with van der Waals surface area (Å²) in [4.78, 5) is 17.6. The zero-order chi connectivity index (χ0) is 18.0. The smallest absolute Gasteiger partial charge is 0.267 e. The molecule has 0 unspecified atom stereocenters. The van der Waals surface area contributed by atoms with Gasteiger partial charge in [-0.25, -0.2) is 4.98 Å². The number of nitrogens with zero attached hydrogens (tertiary/aromatic N) is 1. The van der Waals surface area contributed by atoms with Crippen LogP contribution in [0.1, 0.15) is 26.5 Å². The Labute approximate surface area is 155 Å². The number of carbonyl (C=O) groups is 1. The lowest BCUT2D eigenvalue weighted by Crippen LogP contribution is -2.11. The first kappa shape index (κ1) is 17.5. The van der Waals surface area contributed by atoms with E-state index in [1.54, 1.807) is 12.1 Å². The molecule has 128 valence electrons. The minimum Gasteiger partial charge on any atom is -0.332 e. The predicted molar refractivity (Wildman–Crippen MR) is 105 cm³/mol. The molecule has 0 fully saturated rings. The lowest BCUT2D eigenvalue weighted by atomic mass is 10.2. The Bertz CT molecular complexity index is 936. The summed E-state index contributed by atoms with van der Waals surface area (Å²) in [5.41, 5.74) is 4.45. The van der Waals surface area contributed by atoms with Gasteiger partial charge in [0.2, 0.25) is 0 Å². The number of rotatable bonds is 4. The van der Waals surface area contributed by atoms with Crippen LogP contribution in [0.15, 0.2) is 42.5 Å². The highest BCUT2D eigenvalue weighted by Crippen LogP contribution is 2.27. The fourth-order valence-corrected chi connectivity index (χ4v) is 3.42. The number of anilines is 3. The molecule has 6 heteroatoms. The Morgan fingerprint density at radius 1 is 1.08 bits per heavy atom. The number of hydrogen-bond donors (Lipinski definition) is 2. The molecule has 0 spiro atoms. The van der Waals surface area contributed by atoms with Crippen LogP contribution in [0.4, 0.5) is 16.5 Å². The van der Waals surface area contributed by atoms with Crippen molar-refractivity contribution in [3.8, 4) is 0 Å². The van der Waals surface area contributed by atoms with Gasteiger partial charge in [-0.3, -0.25) is 4.79 Å². The van der Waals surface area contributed by atoms with E-state index < -0.39 is 0 Å². The van der Waals surface area contributed by atoms with Crippen LogP contribution in [0, 0.1) is 20.8 Å². The maximum Gasteiger partial charge on any atom is 0.267 e. The number of carbonyl (C=O) groups excluding carboxylic acids is 1. The number of aryl methyl sites for hydroxylation is 3. The summed E-state index contributed by atoms with van der Waals surface area (Å²) in [6.45, 7) is 5.77. The van der Waals surface area contributed by atoms with Gasteiger partial charge in [-0.1, -0.05) is 35.1 Å². The predicted octanol–water partition coefficient (Wildman–Crippen LogP) is 5.72. The van der Waals surface area contributed by atoms with Gasteiger partial charge >= 0.3 is 0 Å². The van der Waals surface area contributed by atoms with E-state index in [9.17, 15) is 4.79 Å². The lowest BCUT2D eigenvalue weighted by Gasteiger charge is -2.06. The monoisotopic (exact) mass is 371 g/mol. The summed E-state index contributed by atoms with van der Waals surface area (Å²) in [6, 6.07) is 13.4. The summed E-state index contributed by atoms with van der Waals surface area (Å²) >= 11 is 7.36. The second kappa shape index (κ2) is 7.25. The Morgan fingerprint density at radius 3 is 2.60 bits per heavy atom. The number of benzene rings is 2. The summed E-state index contributed by atoms with van der Waals surface area (Å²) in [5, 5.41) is 7.52. The van der Waals surface area contributed by atoms with E-state index >= 15 is 0 Å². The highest BCUT2D eigenvalue weighted by molar-refractivity contribution is 7.17. The van der Waals surface area contributed by atoms with Gasteiger partial charge in [-0.15, -0.1) is 0 Å². The van der Waals surface area contributed by atoms with Crippen LogP contribution >= 0.6 is 22.9 Å². The number of halogens is 1. The molecule has 0 bridgehead atoms. The molecule has 3 rings (SSSR count). The van der Waals surface area contributed by atoms with Gasteiger partial charge in [0.1, 0.15) is 4.88 Å². The minimum absolute atomic E-state index is 0.172.